The van der Waals surface area contributed by atoms with Crippen LogP contribution in [0.1, 0.15) is 63.3 Å². The van der Waals surface area contributed by atoms with Gasteiger partial charge in [-0.1, -0.05) is 56.7 Å². The minimum atomic E-state index is -0.612. The number of nitrogens with one attached hydrogen (secondary N) is 1. The number of rotatable bonds is 1. The van der Waals surface area contributed by atoms with Gasteiger partial charge in [-0.15, -0.1) is 0 Å². The molecule has 198 valence electrons. The summed E-state index contributed by atoms with van der Waals surface area (Å²) in [5, 5.41) is 2.79. The average Bonchev–Trinajstić information content (AvgIpc) is 3.52. The maximum absolute atomic E-state index is 13.1. The number of fused-ring (bicyclic) bond motifs is 3. The second kappa shape index (κ2) is 13.0. The van der Waals surface area contributed by atoms with Crippen molar-refractivity contribution in [2.45, 2.75) is 59.5 Å². The van der Waals surface area contributed by atoms with Gasteiger partial charge in [-0.25, -0.2) is 9.78 Å². The molecule has 3 heterocycles. The SMILES string of the molecule is CC1=C\CCC(=O)Cc2nc(co2)C(=O)N2CCC=C2C(=O)O[C@H](C(C)C)[C@H](C)/C=C/C(=O)NC\C=C\1. The molecule has 1 N–H and O–H groups in total. The summed E-state index contributed by atoms with van der Waals surface area (Å²) in [4.78, 5) is 56.3. The van der Waals surface area contributed by atoms with Crippen molar-refractivity contribution in [2.24, 2.45) is 11.8 Å². The van der Waals surface area contributed by atoms with E-state index in [2.05, 4.69) is 10.3 Å². The number of cyclic esters (lactones) is 1. The van der Waals surface area contributed by atoms with Crippen molar-refractivity contribution >= 4 is 23.6 Å². The third-order valence-electron chi connectivity index (χ3n) is 6.19. The first-order valence-corrected chi connectivity index (χ1v) is 12.6. The van der Waals surface area contributed by atoms with Crippen LogP contribution in [0.3, 0.4) is 0 Å². The van der Waals surface area contributed by atoms with E-state index < -0.39 is 18.0 Å². The highest BCUT2D eigenvalue weighted by Gasteiger charge is 2.33. The fourth-order valence-electron chi connectivity index (χ4n) is 4.23. The molecule has 2 aliphatic heterocycles. The first-order valence-electron chi connectivity index (χ1n) is 12.6. The molecule has 2 aliphatic rings. The second-order valence-corrected chi connectivity index (χ2v) is 9.64. The Morgan fingerprint density at radius 3 is 2.65 bits per heavy atom. The molecule has 0 spiro atoms. The normalized spacial score (nSPS) is 26.0. The predicted octanol–water partition coefficient (Wildman–Crippen LogP) is 3.69. The molecule has 3 rings (SSSR count). The van der Waals surface area contributed by atoms with Gasteiger partial charge >= 0.3 is 5.97 Å². The van der Waals surface area contributed by atoms with Crippen LogP contribution in [0.5, 0.6) is 0 Å². The van der Waals surface area contributed by atoms with E-state index in [0.717, 1.165) is 5.57 Å². The van der Waals surface area contributed by atoms with Crippen LogP contribution >= 0.6 is 0 Å². The van der Waals surface area contributed by atoms with Crippen LogP contribution in [0.4, 0.5) is 0 Å². The zero-order chi connectivity index (χ0) is 26.9. The molecular weight excluding hydrogens is 474 g/mol. The third kappa shape index (κ3) is 7.87. The van der Waals surface area contributed by atoms with Crippen molar-refractivity contribution < 1.29 is 28.3 Å². The predicted molar refractivity (Wildman–Crippen MR) is 137 cm³/mol. The van der Waals surface area contributed by atoms with E-state index in [9.17, 15) is 19.2 Å². The quantitative estimate of drug-likeness (QED) is 0.574. The lowest BCUT2D eigenvalue weighted by molar-refractivity contribution is -0.149. The minimum absolute atomic E-state index is 0.0201. The summed E-state index contributed by atoms with van der Waals surface area (Å²) in [7, 11) is 0. The van der Waals surface area contributed by atoms with Crippen molar-refractivity contribution in [2.75, 3.05) is 13.1 Å². The molecule has 9 nitrogen and oxygen atoms in total. The average molecular weight is 510 g/mol. The molecule has 0 aromatic carbocycles. The molecule has 2 bridgehead atoms. The molecule has 37 heavy (non-hydrogen) atoms. The second-order valence-electron chi connectivity index (χ2n) is 9.64. The molecule has 0 unspecified atom stereocenters. The Morgan fingerprint density at radius 2 is 1.89 bits per heavy atom. The largest absolute Gasteiger partial charge is 0.457 e. The summed E-state index contributed by atoms with van der Waals surface area (Å²) in [6, 6.07) is 0. The van der Waals surface area contributed by atoms with Gasteiger partial charge < -0.3 is 19.4 Å². The number of esters is 1. The first kappa shape index (κ1) is 27.8. The molecular formula is C28H35N3O6. The number of carbonyl (C=O) groups is 4. The van der Waals surface area contributed by atoms with Crippen LogP contribution in [0, 0.1) is 11.8 Å². The van der Waals surface area contributed by atoms with Crippen molar-refractivity contribution in [3.8, 4) is 0 Å². The van der Waals surface area contributed by atoms with Crippen LogP contribution < -0.4 is 5.32 Å². The van der Waals surface area contributed by atoms with E-state index in [1.807, 2.05) is 45.9 Å². The number of nitrogens with zero attached hydrogens (tertiary/aromatic N) is 2. The number of allylic oxidation sites excluding steroid dienone is 3. The number of oxazole rings is 1. The Hall–Kier alpha value is -3.75. The van der Waals surface area contributed by atoms with Gasteiger partial charge in [0.1, 0.15) is 23.8 Å². The molecule has 0 aliphatic carbocycles. The Kier molecular flexibility index (Phi) is 9.77. The van der Waals surface area contributed by atoms with Gasteiger partial charge in [0.2, 0.25) is 11.8 Å². The maximum Gasteiger partial charge on any atom is 0.355 e. The van der Waals surface area contributed by atoms with Crippen molar-refractivity contribution in [1.82, 2.24) is 15.2 Å². The molecule has 0 saturated carbocycles. The standard InChI is InChI=1S/C28H35N3O6/c1-18(2)26-20(4)12-13-24(33)29-14-6-9-19(3)8-5-10-21(32)16-25-30-22(17-36-25)27(34)31-15-7-11-23(31)28(35)37-26/h6,8-9,11-13,17-18,20,26H,5,7,10,14-16H2,1-4H3,(H,29,33)/b9-6+,13-12+,19-8+/t20-,26-/m1/s1. The summed E-state index contributed by atoms with van der Waals surface area (Å²) in [6.07, 6.45) is 12.5. The lowest BCUT2D eigenvalue weighted by Gasteiger charge is -2.27. The molecule has 1 aromatic heterocycles. The van der Waals surface area contributed by atoms with E-state index in [0.29, 0.717) is 32.4 Å². The van der Waals surface area contributed by atoms with Crippen LogP contribution in [0.2, 0.25) is 0 Å². The molecule has 9 heteroatoms. The van der Waals surface area contributed by atoms with Crippen LogP contribution in [-0.4, -0.2) is 52.6 Å². The molecule has 0 fully saturated rings. The number of ketones is 1. The van der Waals surface area contributed by atoms with Crippen molar-refractivity contribution in [1.29, 1.82) is 0 Å². The zero-order valence-corrected chi connectivity index (χ0v) is 21.9. The molecule has 0 radical (unpaired) electrons. The van der Waals surface area contributed by atoms with Gasteiger partial charge in [0, 0.05) is 25.4 Å². The number of carbonyl (C=O) groups excluding carboxylic acids is 4. The Morgan fingerprint density at radius 1 is 1.11 bits per heavy atom. The van der Waals surface area contributed by atoms with E-state index >= 15 is 0 Å². The fraction of sp³-hybridized carbons (Fsp3) is 0.464. The van der Waals surface area contributed by atoms with E-state index in [4.69, 9.17) is 9.15 Å². The zero-order valence-electron chi connectivity index (χ0n) is 21.9. The number of amides is 2. The Bertz CT molecular complexity index is 1140. The summed E-state index contributed by atoms with van der Waals surface area (Å²) in [6.45, 7) is 8.33. The lowest BCUT2D eigenvalue weighted by atomic mass is 9.94. The van der Waals surface area contributed by atoms with E-state index in [1.165, 1.54) is 17.2 Å². The summed E-state index contributed by atoms with van der Waals surface area (Å²) in [5.74, 6) is -1.52. The van der Waals surface area contributed by atoms with Gasteiger partial charge in [-0.05, 0) is 31.8 Å². The Balaban J connectivity index is 1.84. The van der Waals surface area contributed by atoms with Crippen LogP contribution in [0.25, 0.3) is 0 Å². The van der Waals surface area contributed by atoms with Gasteiger partial charge in [0.05, 0.1) is 6.42 Å². The first-order chi connectivity index (χ1) is 17.7. The van der Waals surface area contributed by atoms with Crippen molar-refractivity contribution in [3.05, 3.63) is 65.6 Å². The van der Waals surface area contributed by atoms with E-state index in [-0.39, 0.29) is 47.2 Å². The van der Waals surface area contributed by atoms with Gasteiger partial charge in [0.15, 0.2) is 5.69 Å². The van der Waals surface area contributed by atoms with E-state index in [1.54, 1.807) is 12.2 Å². The summed E-state index contributed by atoms with van der Waals surface area (Å²) >= 11 is 0. The van der Waals surface area contributed by atoms with Crippen LogP contribution in [0.15, 0.2) is 58.4 Å². The van der Waals surface area contributed by atoms with Crippen LogP contribution in [-0.2, 0) is 25.5 Å². The van der Waals surface area contributed by atoms with Gasteiger partial charge in [-0.2, -0.15) is 0 Å². The molecule has 2 amide bonds. The molecule has 1 aromatic rings. The number of aromatic nitrogens is 1. The highest BCUT2D eigenvalue weighted by molar-refractivity contribution is 6.00. The highest BCUT2D eigenvalue weighted by atomic mass is 16.5. The smallest absolute Gasteiger partial charge is 0.355 e. The number of hydrogen-bond donors (Lipinski definition) is 1. The number of ether oxygens (including phenoxy) is 1. The number of hydrogen-bond acceptors (Lipinski definition) is 7. The lowest BCUT2D eigenvalue weighted by Crippen LogP contribution is -2.36. The van der Waals surface area contributed by atoms with Crippen molar-refractivity contribution in [3.63, 3.8) is 0 Å². The maximum atomic E-state index is 13.1. The van der Waals surface area contributed by atoms with Gasteiger partial charge in [0.25, 0.3) is 5.91 Å². The minimum Gasteiger partial charge on any atom is -0.457 e. The fourth-order valence-corrected chi connectivity index (χ4v) is 4.23. The highest BCUT2D eigenvalue weighted by Crippen LogP contribution is 2.24. The molecule has 0 saturated heterocycles. The van der Waals surface area contributed by atoms with Gasteiger partial charge in [-0.3, -0.25) is 14.4 Å². The third-order valence-corrected chi connectivity index (χ3v) is 6.19. The summed E-state index contributed by atoms with van der Waals surface area (Å²) < 4.78 is 11.2. The topological polar surface area (TPSA) is 119 Å². The molecule has 2 atom stereocenters. The Labute approximate surface area is 217 Å². The summed E-state index contributed by atoms with van der Waals surface area (Å²) in [5.41, 5.74) is 1.16. The monoisotopic (exact) mass is 509 g/mol. The number of Topliss-reactive ketones (excluding diaryl/α,β-unsaturated/α-hetero) is 1.